The van der Waals surface area contributed by atoms with Gasteiger partial charge in [0, 0.05) is 27.1 Å². The standard InChI is InChI=1S/C17H28O5/c1-20-17(21-2)11-13-12(14-9-10-15(13)22-14)7-5-3-4-6-8-16(18)19/h3,5,12-15,17H,4,6-11H2,1-2H3,(H,18,19)/t12-,13+,14-,15+/m0/s1. The van der Waals surface area contributed by atoms with Crippen LogP contribution >= 0.6 is 0 Å². The molecule has 0 aromatic heterocycles. The molecule has 0 saturated carbocycles. The number of fused-ring (bicyclic) bond motifs is 2. The zero-order chi connectivity index (χ0) is 15.9. The van der Waals surface area contributed by atoms with Gasteiger partial charge in [-0.1, -0.05) is 12.2 Å². The van der Waals surface area contributed by atoms with Crippen molar-refractivity contribution in [2.75, 3.05) is 14.2 Å². The first-order valence-electron chi connectivity index (χ1n) is 8.23. The van der Waals surface area contributed by atoms with Crippen LogP contribution in [0.4, 0.5) is 0 Å². The zero-order valence-corrected chi connectivity index (χ0v) is 13.6. The highest BCUT2D eigenvalue weighted by Gasteiger charge is 2.48. The van der Waals surface area contributed by atoms with E-state index >= 15 is 0 Å². The van der Waals surface area contributed by atoms with Gasteiger partial charge in [-0.2, -0.15) is 0 Å². The van der Waals surface area contributed by atoms with Gasteiger partial charge in [-0.05, 0) is 43.9 Å². The van der Waals surface area contributed by atoms with Crippen LogP contribution < -0.4 is 0 Å². The Morgan fingerprint density at radius 3 is 2.55 bits per heavy atom. The Labute approximate surface area is 132 Å². The molecular weight excluding hydrogens is 284 g/mol. The fourth-order valence-electron chi connectivity index (χ4n) is 3.78. The topological polar surface area (TPSA) is 65.0 Å². The molecule has 0 aromatic carbocycles. The molecule has 1 N–H and O–H groups in total. The molecule has 2 bridgehead atoms. The van der Waals surface area contributed by atoms with E-state index in [0.29, 0.717) is 30.5 Å². The van der Waals surface area contributed by atoms with Crippen molar-refractivity contribution in [3.8, 4) is 0 Å². The number of hydrogen-bond donors (Lipinski definition) is 1. The predicted octanol–water partition coefficient (Wildman–Crippen LogP) is 2.99. The molecule has 0 spiro atoms. The number of carbonyl (C=O) groups is 1. The normalized spacial score (nSPS) is 30.7. The maximum atomic E-state index is 10.5. The highest BCUT2D eigenvalue weighted by molar-refractivity contribution is 5.66. The molecule has 0 aliphatic carbocycles. The third-order valence-electron chi connectivity index (χ3n) is 4.92. The van der Waals surface area contributed by atoms with Gasteiger partial charge in [0.1, 0.15) is 0 Å². The maximum Gasteiger partial charge on any atom is 0.303 e. The second-order valence-electron chi connectivity index (χ2n) is 6.25. The molecule has 2 fully saturated rings. The van der Waals surface area contributed by atoms with E-state index < -0.39 is 5.97 Å². The van der Waals surface area contributed by atoms with Gasteiger partial charge in [0.15, 0.2) is 6.29 Å². The van der Waals surface area contributed by atoms with E-state index in [1.165, 1.54) is 0 Å². The Bertz CT molecular complexity index is 377. The van der Waals surface area contributed by atoms with Gasteiger partial charge in [0.05, 0.1) is 12.2 Å². The SMILES string of the molecule is COC(C[C@@H]1[C@H](CC=CCCCC(=O)O)[C@@H]2CC[C@H]1O2)OC. The molecule has 4 atom stereocenters. The minimum absolute atomic E-state index is 0.157. The first kappa shape index (κ1) is 17.4. The summed E-state index contributed by atoms with van der Waals surface area (Å²) in [5.74, 6) is 0.301. The van der Waals surface area contributed by atoms with Crippen LogP contribution in [0.2, 0.25) is 0 Å². The first-order valence-corrected chi connectivity index (χ1v) is 8.23. The van der Waals surface area contributed by atoms with Crippen molar-refractivity contribution < 1.29 is 24.1 Å². The average Bonchev–Trinajstić information content (AvgIpc) is 3.09. The third-order valence-corrected chi connectivity index (χ3v) is 4.92. The Hall–Kier alpha value is -0.910. The number of methoxy groups -OCH3 is 2. The van der Waals surface area contributed by atoms with Crippen molar-refractivity contribution in [2.45, 2.75) is 63.4 Å². The number of aliphatic carboxylic acids is 1. The number of carboxylic acids is 1. The second kappa shape index (κ2) is 8.65. The van der Waals surface area contributed by atoms with Crippen LogP contribution in [0.25, 0.3) is 0 Å². The largest absolute Gasteiger partial charge is 0.481 e. The van der Waals surface area contributed by atoms with Crippen molar-refractivity contribution in [1.29, 1.82) is 0 Å². The van der Waals surface area contributed by atoms with Crippen molar-refractivity contribution in [1.82, 2.24) is 0 Å². The van der Waals surface area contributed by atoms with E-state index in [1.54, 1.807) is 14.2 Å². The van der Waals surface area contributed by atoms with E-state index in [1.807, 2.05) is 0 Å². The molecule has 5 heteroatoms. The predicted molar refractivity (Wildman–Crippen MR) is 82.5 cm³/mol. The van der Waals surface area contributed by atoms with E-state index in [2.05, 4.69) is 12.2 Å². The minimum atomic E-state index is -0.722. The molecule has 2 aliphatic rings. The Kier molecular flexibility index (Phi) is 6.86. The lowest BCUT2D eigenvalue weighted by Gasteiger charge is -2.29. The van der Waals surface area contributed by atoms with E-state index in [-0.39, 0.29) is 12.7 Å². The summed E-state index contributed by atoms with van der Waals surface area (Å²) < 4.78 is 16.8. The summed E-state index contributed by atoms with van der Waals surface area (Å²) in [6.07, 6.45) is 10.8. The fraction of sp³-hybridized carbons (Fsp3) is 0.824. The fourth-order valence-corrected chi connectivity index (χ4v) is 3.78. The number of unbranched alkanes of at least 4 members (excludes halogenated alkanes) is 1. The van der Waals surface area contributed by atoms with Crippen LogP contribution in [0.15, 0.2) is 12.2 Å². The van der Waals surface area contributed by atoms with Gasteiger partial charge in [-0.15, -0.1) is 0 Å². The lowest BCUT2D eigenvalue weighted by molar-refractivity contribution is -0.137. The quantitative estimate of drug-likeness (QED) is 0.382. The van der Waals surface area contributed by atoms with Crippen LogP contribution in [0.1, 0.15) is 44.9 Å². The van der Waals surface area contributed by atoms with Crippen LogP contribution in [-0.2, 0) is 19.0 Å². The maximum absolute atomic E-state index is 10.5. The monoisotopic (exact) mass is 312 g/mol. The van der Waals surface area contributed by atoms with Gasteiger partial charge >= 0.3 is 5.97 Å². The van der Waals surface area contributed by atoms with Crippen LogP contribution in [0.5, 0.6) is 0 Å². The molecule has 0 amide bonds. The molecule has 0 radical (unpaired) electrons. The summed E-state index contributed by atoms with van der Waals surface area (Å²) >= 11 is 0. The van der Waals surface area contributed by atoms with Gasteiger partial charge in [0.25, 0.3) is 0 Å². The molecular formula is C17H28O5. The Balaban J connectivity index is 1.80. The lowest BCUT2D eigenvalue weighted by atomic mass is 9.75. The van der Waals surface area contributed by atoms with Crippen LogP contribution in [-0.4, -0.2) is 43.8 Å². The average molecular weight is 312 g/mol. The van der Waals surface area contributed by atoms with Crippen LogP contribution in [0.3, 0.4) is 0 Å². The summed E-state index contributed by atoms with van der Waals surface area (Å²) in [5, 5.41) is 8.62. The molecule has 2 heterocycles. The van der Waals surface area contributed by atoms with Gasteiger partial charge in [-0.25, -0.2) is 0 Å². The lowest BCUT2D eigenvalue weighted by Crippen LogP contribution is -2.31. The van der Waals surface area contributed by atoms with Crippen molar-refractivity contribution >= 4 is 5.97 Å². The van der Waals surface area contributed by atoms with E-state index in [4.69, 9.17) is 19.3 Å². The highest BCUT2D eigenvalue weighted by Crippen LogP contribution is 2.47. The van der Waals surface area contributed by atoms with E-state index in [0.717, 1.165) is 32.1 Å². The second-order valence-corrected chi connectivity index (χ2v) is 6.25. The van der Waals surface area contributed by atoms with Gasteiger partial charge in [0.2, 0.25) is 0 Å². The highest BCUT2D eigenvalue weighted by atomic mass is 16.7. The summed E-state index contributed by atoms with van der Waals surface area (Å²) in [6.45, 7) is 0. The third kappa shape index (κ3) is 4.54. The number of rotatable bonds is 10. The summed E-state index contributed by atoms with van der Waals surface area (Å²) in [7, 11) is 3.36. The number of ether oxygens (including phenoxy) is 3. The number of carboxylic acid groups (broad SMARTS) is 1. The molecule has 0 unspecified atom stereocenters. The summed E-state index contributed by atoms with van der Waals surface area (Å²) in [4.78, 5) is 10.5. The van der Waals surface area contributed by atoms with Gasteiger partial charge < -0.3 is 19.3 Å². The smallest absolute Gasteiger partial charge is 0.303 e. The molecule has 0 aromatic rings. The first-order chi connectivity index (χ1) is 10.7. The van der Waals surface area contributed by atoms with Crippen molar-refractivity contribution in [3.63, 3.8) is 0 Å². The summed E-state index contributed by atoms with van der Waals surface area (Å²) in [6, 6.07) is 0. The minimum Gasteiger partial charge on any atom is -0.481 e. The van der Waals surface area contributed by atoms with Crippen LogP contribution in [0, 0.1) is 11.8 Å². The van der Waals surface area contributed by atoms with E-state index in [9.17, 15) is 4.79 Å². The molecule has 126 valence electrons. The molecule has 2 aliphatic heterocycles. The summed E-state index contributed by atoms with van der Waals surface area (Å²) in [5.41, 5.74) is 0. The molecule has 5 nitrogen and oxygen atoms in total. The molecule has 2 rings (SSSR count). The molecule has 2 saturated heterocycles. The zero-order valence-electron chi connectivity index (χ0n) is 13.6. The number of allylic oxidation sites excluding steroid dienone is 2. The Morgan fingerprint density at radius 1 is 1.23 bits per heavy atom. The number of hydrogen-bond acceptors (Lipinski definition) is 4. The Morgan fingerprint density at radius 2 is 1.91 bits per heavy atom. The van der Waals surface area contributed by atoms with Crippen molar-refractivity contribution in [3.05, 3.63) is 12.2 Å². The van der Waals surface area contributed by atoms with Crippen molar-refractivity contribution in [2.24, 2.45) is 11.8 Å². The molecule has 22 heavy (non-hydrogen) atoms. The van der Waals surface area contributed by atoms with Gasteiger partial charge in [-0.3, -0.25) is 4.79 Å².